The van der Waals surface area contributed by atoms with Crippen molar-refractivity contribution in [3.63, 3.8) is 0 Å². The second-order valence-corrected chi connectivity index (χ2v) is 4.26. The molecule has 2 aromatic rings. The Morgan fingerprint density at radius 3 is 2.95 bits per heavy atom. The van der Waals surface area contributed by atoms with E-state index in [1.165, 1.54) is 0 Å². The van der Waals surface area contributed by atoms with E-state index in [0.29, 0.717) is 17.3 Å². The fourth-order valence-electron chi connectivity index (χ4n) is 1.49. The maximum absolute atomic E-state index is 11.7. The Bertz CT molecular complexity index is 649. The van der Waals surface area contributed by atoms with E-state index >= 15 is 0 Å². The summed E-state index contributed by atoms with van der Waals surface area (Å²) in [5.74, 6) is -0.889. The largest absolute Gasteiger partial charge is 0.358 e. The van der Waals surface area contributed by atoms with Gasteiger partial charge in [0.15, 0.2) is 5.69 Å². The summed E-state index contributed by atoms with van der Waals surface area (Å²) >= 11 is 5.95. The molecular formula is C10H11ClN6O3. The van der Waals surface area contributed by atoms with Gasteiger partial charge in [0.1, 0.15) is 5.69 Å². The molecule has 0 aromatic carbocycles. The second kappa shape index (κ2) is 5.70. The van der Waals surface area contributed by atoms with Gasteiger partial charge in [-0.25, -0.2) is 0 Å². The van der Waals surface area contributed by atoms with E-state index in [1.54, 1.807) is 10.9 Å². The van der Waals surface area contributed by atoms with E-state index in [2.05, 4.69) is 20.6 Å². The standard InChI is InChI=1S/C10H11ClN6O3/c1-2-16-5-6(11)8(15-16)4-12-10(18)7-3-9(14-13-7)17(19)20/h3,5H,2,4H2,1H3,(H,12,18)(H,13,14). The highest BCUT2D eigenvalue weighted by Gasteiger charge is 2.17. The molecule has 10 heteroatoms. The molecule has 0 saturated heterocycles. The minimum Gasteiger partial charge on any atom is -0.358 e. The lowest BCUT2D eigenvalue weighted by molar-refractivity contribution is -0.389. The number of nitro groups is 1. The van der Waals surface area contributed by atoms with Crippen molar-refractivity contribution >= 4 is 23.3 Å². The van der Waals surface area contributed by atoms with Crippen LogP contribution in [0.3, 0.4) is 0 Å². The summed E-state index contributed by atoms with van der Waals surface area (Å²) in [5, 5.41) is 23.3. The number of carbonyl (C=O) groups is 1. The summed E-state index contributed by atoms with van der Waals surface area (Å²) in [6.07, 6.45) is 1.66. The molecule has 2 aromatic heterocycles. The number of rotatable bonds is 5. The number of aromatic nitrogens is 4. The van der Waals surface area contributed by atoms with Gasteiger partial charge < -0.3 is 15.4 Å². The molecule has 0 aliphatic carbocycles. The van der Waals surface area contributed by atoms with Crippen LogP contribution in [0.2, 0.25) is 5.02 Å². The number of halogens is 1. The summed E-state index contributed by atoms with van der Waals surface area (Å²) in [5.41, 5.74) is 0.453. The molecule has 0 saturated carbocycles. The van der Waals surface area contributed by atoms with Crippen LogP contribution in [0.5, 0.6) is 0 Å². The molecule has 0 aliphatic rings. The van der Waals surface area contributed by atoms with Gasteiger partial charge in [0.25, 0.3) is 5.91 Å². The Balaban J connectivity index is 2.00. The smallest absolute Gasteiger partial charge is 0.343 e. The van der Waals surface area contributed by atoms with Crippen LogP contribution in [0.15, 0.2) is 12.3 Å². The van der Waals surface area contributed by atoms with Crippen LogP contribution in [0.25, 0.3) is 0 Å². The molecule has 9 nitrogen and oxygen atoms in total. The van der Waals surface area contributed by atoms with Crippen molar-refractivity contribution in [1.29, 1.82) is 0 Å². The van der Waals surface area contributed by atoms with Crippen molar-refractivity contribution in [1.82, 2.24) is 25.3 Å². The number of aromatic amines is 1. The maximum atomic E-state index is 11.7. The van der Waals surface area contributed by atoms with Crippen LogP contribution in [0, 0.1) is 10.1 Å². The number of carbonyl (C=O) groups excluding carboxylic acids is 1. The monoisotopic (exact) mass is 298 g/mol. The molecule has 2 rings (SSSR count). The summed E-state index contributed by atoms with van der Waals surface area (Å²) in [4.78, 5) is 21.6. The van der Waals surface area contributed by atoms with Gasteiger partial charge in [-0.3, -0.25) is 9.48 Å². The van der Waals surface area contributed by atoms with Crippen LogP contribution >= 0.6 is 11.6 Å². The van der Waals surface area contributed by atoms with Gasteiger partial charge in [-0.2, -0.15) is 5.10 Å². The predicted molar refractivity (Wildman–Crippen MR) is 69.3 cm³/mol. The van der Waals surface area contributed by atoms with Crippen LogP contribution in [-0.4, -0.2) is 30.8 Å². The van der Waals surface area contributed by atoms with E-state index in [9.17, 15) is 14.9 Å². The summed E-state index contributed by atoms with van der Waals surface area (Å²) in [6.45, 7) is 2.69. The summed E-state index contributed by atoms with van der Waals surface area (Å²) in [6, 6.07) is 1.06. The topological polar surface area (TPSA) is 119 Å². The number of hydrogen-bond acceptors (Lipinski definition) is 5. The highest BCUT2D eigenvalue weighted by atomic mass is 35.5. The second-order valence-electron chi connectivity index (χ2n) is 3.86. The first kappa shape index (κ1) is 14.0. The minimum absolute atomic E-state index is 0.0669. The number of aryl methyl sites for hydroxylation is 1. The first-order chi connectivity index (χ1) is 9.51. The van der Waals surface area contributed by atoms with Crippen LogP contribution in [0.1, 0.15) is 23.1 Å². The van der Waals surface area contributed by atoms with Gasteiger partial charge in [0.05, 0.1) is 17.6 Å². The lowest BCUT2D eigenvalue weighted by Gasteiger charge is -2.00. The molecule has 2 heterocycles. The Morgan fingerprint density at radius 2 is 2.40 bits per heavy atom. The number of amides is 1. The molecule has 0 bridgehead atoms. The molecule has 0 spiro atoms. The Hall–Kier alpha value is -2.42. The molecule has 2 N–H and O–H groups in total. The van der Waals surface area contributed by atoms with Crippen molar-refractivity contribution in [3.05, 3.63) is 38.8 Å². The molecule has 106 valence electrons. The molecule has 1 amide bonds. The SMILES string of the molecule is CCn1cc(Cl)c(CNC(=O)c2cc([N+](=O)[O-])[nH]n2)n1. The van der Waals surface area contributed by atoms with Crippen molar-refractivity contribution in [2.24, 2.45) is 0 Å². The Labute approximate surface area is 118 Å². The normalized spacial score (nSPS) is 10.5. The highest BCUT2D eigenvalue weighted by Crippen LogP contribution is 2.14. The highest BCUT2D eigenvalue weighted by molar-refractivity contribution is 6.31. The molecule has 20 heavy (non-hydrogen) atoms. The minimum atomic E-state index is -0.663. The number of nitrogens with one attached hydrogen (secondary N) is 2. The quantitative estimate of drug-likeness (QED) is 0.633. The Morgan fingerprint density at radius 1 is 1.65 bits per heavy atom. The average molecular weight is 299 g/mol. The number of H-pyrrole nitrogens is 1. The first-order valence-electron chi connectivity index (χ1n) is 5.71. The molecule has 0 radical (unpaired) electrons. The van der Waals surface area contributed by atoms with E-state index in [0.717, 1.165) is 6.07 Å². The van der Waals surface area contributed by atoms with E-state index in [4.69, 9.17) is 11.6 Å². The third-order valence-corrected chi connectivity index (χ3v) is 2.84. The molecule has 0 atom stereocenters. The zero-order valence-corrected chi connectivity index (χ0v) is 11.2. The van der Waals surface area contributed by atoms with Gasteiger partial charge in [0, 0.05) is 12.7 Å². The third-order valence-electron chi connectivity index (χ3n) is 2.52. The van der Waals surface area contributed by atoms with Gasteiger partial charge in [-0.05, 0) is 11.8 Å². The zero-order valence-electron chi connectivity index (χ0n) is 10.5. The number of nitrogens with zero attached hydrogens (tertiary/aromatic N) is 4. The van der Waals surface area contributed by atoms with E-state index in [1.807, 2.05) is 6.92 Å². The van der Waals surface area contributed by atoms with E-state index in [-0.39, 0.29) is 18.1 Å². The van der Waals surface area contributed by atoms with Crippen molar-refractivity contribution in [2.45, 2.75) is 20.0 Å². The molecule has 0 fully saturated rings. The van der Waals surface area contributed by atoms with E-state index < -0.39 is 10.8 Å². The summed E-state index contributed by atoms with van der Waals surface area (Å²) in [7, 11) is 0. The van der Waals surface area contributed by atoms with Crippen LogP contribution in [0.4, 0.5) is 5.82 Å². The third kappa shape index (κ3) is 2.94. The molecule has 0 unspecified atom stereocenters. The fourth-order valence-corrected chi connectivity index (χ4v) is 1.71. The van der Waals surface area contributed by atoms with Crippen molar-refractivity contribution in [3.8, 4) is 0 Å². The maximum Gasteiger partial charge on any atom is 0.343 e. The molecule has 0 aliphatic heterocycles. The van der Waals surface area contributed by atoms with Crippen molar-refractivity contribution < 1.29 is 9.72 Å². The lowest BCUT2D eigenvalue weighted by atomic mass is 10.3. The van der Waals surface area contributed by atoms with Crippen LogP contribution < -0.4 is 5.32 Å². The van der Waals surface area contributed by atoms with Crippen molar-refractivity contribution in [2.75, 3.05) is 0 Å². The Kier molecular flexibility index (Phi) is 3.99. The van der Waals surface area contributed by atoms with Crippen LogP contribution in [-0.2, 0) is 13.1 Å². The van der Waals surface area contributed by atoms with Gasteiger partial charge in [0.2, 0.25) is 0 Å². The number of hydrogen-bond donors (Lipinski definition) is 2. The fraction of sp³-hybridized carbons (Fsp3) is 0.300. The van der Waals surface area contributed by atoms with Gasteiger partial charge in [-0.1, -0.05) is 16.7 Å². The lowest BCUT2D eigenvalue weighted by Crippen LogP contribution is -2.23. The predicted octanol–water partition coefficient (Wildman–Crippen LogP) is 1.12. The van der Waals surface area contributed by atoms with Gasteiger partial charge >= 0.3 is 5.82 Å². The van der Waals surface area contributed by atoms with Gasteiger partial charge in [-0.15, -0.1) is 5.10 Å². The summed E-state index contributed by atoms with van der Waals surface area (Å²) < 4.78 is 1.64. The first-order valence-corrected chi connectivity index (χ1v) is 6.09. The zero-order chi connectivity index (χ0) is 14.7. The molecular weight excluding hydrogens is 288 g/mol. The average Bonchev–Trinajstić information content (AvgIpc) is 3.02.